The van der Waals surface area contributed by atoms with E-state index in [9.17, 15) is 4.79 Å². The molecule has 1 aromatic heterocycles. The Morgan fingerprint density at radius 1 is 1.00 bits per heavy atom. The molecule has 0 unspecified atom stereocenters. The second-order valence-electron chi connectivity index (χ2n) is 7.80. The van der Waals surface area contributed by atoms with Gasteiger partial charge in [0.05, 0.1) is 17.8 Å². The summed E-state index contributed by atoms with van der Waals surface area (Å²) in [5.74, 6) is -0.237. The molecule has 0 aliphatic carbocycles. The molecule has 6 heteroatoms. The van der Waals surface area contributed by atoms with E-state index in [0.717, 1.165) is 24.3 Å². The van der Waals surface area contributed by atoms with Crippen LogP contribution in [0, 0.1) is 6.92 Å². The van der Waals surface area contributed by atoms with Gasteiger partial charge >= 0.3 is 0 Å². The van der Waals surface area contributed by atoms with Crippen molar-refractivity contribution in [3.8, 4) is 0 Å². The first-order chi connectivity index (χ1) is 14.6. The molecule has 4 rings (SSSR count). The SMILES string of the molecule is Cc1nn(Cc2ccccc2)c(Cl)c1C(=O)Nc1ccc(N2CCCCCC2)cc1. The molecule has 0 bridgehead atoms. The monoisotopic (exact) mass is 422 g/mol. The third-order valence-electron chi connectivity index (χ3n) is 5.56. The number of halogens is 1. The summed E-state index contributed by atoms with van der Waals surface area (Å²) in [6.07, 6.45) is 5.10. The normalized spacial score (nSPS) is 14.4. The Hall–Kier alpha value is -2.79. The number of amides is 1. The highest BCUT2D eigenvalue weighted by Gasteiger charge is 2.21. The second-order valence-corrected chi connectivity index (χ2v) is 8.15. The molecule has 1 aliphatic heterocycles. The molecule has 0 atom stereocenters. The van der Waals surface area contributed by atoms with Gasteiger partial charge in [-0.3, -0.25) is 4.79 Å². The third kappa shape index (κ3) is 4.68. The van der Waals surface area contributed by atoms with E-state index in [0.29, 0.717) is 23.0 Å². The predicted molar refractivity (Wildman–Crippen MR) is 123 cm³/mol. The zero-order valence-electron chi connectivity index (χ0n) is 17.3. The number of benzene rings is 2. The highest BCUT2D eigenvalue weighted by molar-refractivity contribution is 6.33. The summed E-state index contributed by atoms with van der Waals surface area (Å²) in [7, 11) is 0. The molecule has 1 amide bonds. The fraction of sp³-hybridized carbons (Fsp3) is 0.333. The summed E-state index contributed by atoms with van der Waals surface area (Å²) in [5, 5.41) is 7.79. The van der Waals surface area contributed by atoms with Crippen molar-refractivity contribution in [3.63, 3.8) is 0 Å². The zero-order chi connectivity index (χ0) is 20.9. The minimum absolute atomic E-state index is 0.237. The number of aromatic nitrogens is 2. The van der Waals surface area contributed by atoms with E-state index in [1.54, 1.807) is 4.68 Å². The van der Waals surface area contributed by atoms with Gasteiger partial charge in [0.1, 0.15) is 5.15 Å². The van der Waals surface area contributed by atoms with Gasteiger partial charge in [0.2, 0.25) is 0 Å². The maximum atomic E-state index is 12.9. The van der Waals surface area contributed by atoms with E-state index >= 15 is 0 Å². The molecule has 0 saturated carbocycles. The molecule has 2 heterocycles. The van der Waals surface area contributed by atoms with Crippen molar-refractivity contribution in [1.29, 1.82) is 0 Å². The summed E-state index contributed by atoms with van der Waals surface area (Å²) in [6.45, 7) is 4.53. The van der Waals surface area contributed by atoms with Crippen LogP contribution in [0.2, 0.25) is 5.15 Å². The fourth-order valence-corrected chi connectivity index (χ4v) is 4.27. The largest absolute Gasteiger partial charge is 0.372 e. The van der Waals surface area contributed by atoms with Crippen LogP contribution in [0.15, 0.2) is 54.6 Å². The van der Waals surface area contributed by atoms with Gasteiger partial charge in [0, 0.05) is 24.5 Å². The van der Waals surface area contributed by atoms with Crippen molar-refractivity contribution in [1.82, 2.24) is 9.78 Å². The molecule has 0 radical (unpaired) electrons. The average Bonchev–Trinajstić information content (AvgIpc) is 2.93. The Morgan fingerprint density at radius 2 is 1.67 bits per heavy atom. The lowest BCUT2D eigenvalue weighted by Crippen LogP contribution is -2.23. The number of aryl methyl sites for hydroxylation is 1. The molecule has 3 aromatic rings. The van der Waals surface area contributed by atoms with Gasteiger partial charge in [-0.05, 0) is 49.6 Å². The molecular weight excluding hydrogens is 396 g/mol. The lowest BCUT2D eigenvalue weighted by Gasteiger charge is -2.22. The van der Waals surface area contributed by atoms with Crippen LogP contribution in [0.5, 0.6) is 0 Å². The number of hydrogen-bond acceptors (Lipinski definition) is 3. The maximum absolute atomic E-state index is 12.9. The van der Waals surface area contributed by atoms with Crippen LogP contribution >= 0.6 is 11.6 Å². The molecule has 1 saturated heterocycles. The van der Waals surface area contributed by atoms with Gasteiger partial charge in [-0.25, -0.2) is 4.68 Å². The smallest absolute Gasteiger partial charge is 0.260 e. The van der Waals surface area contributed by atoms with E-state index < -0.39 is 0 Å². The molecular formula is C24H27ClN4O. The van der Waals surface area contributed by atoms with Gasteiger partial charge in [-0.2, -0.15) is 5.10 Å². The van der Waals surface area contributed by atoms with Crippen LogP contribution in [-0.4, -0.2) is 28.8 Å². The molecule has 2 aromatic carbocycles. The van der Waals surface area contributed by atoms with E-state index in [4.69, 9.17) is 11.6 Å². The topological polar surface area (TPSA) is 50.2 Å². The molecule has 1 aliphatic rings. The van der Waals surface area contributed by atoms with E-state index in [1.165, 1.54) is 31.4 Å². The summed E-state index contributed by atoms with van der Waals surface area (Å²) < 4.78 is 1.67. The first-order valence-electron chi connectivity index (χ1n) is 10.5. The first kappa shape index (κ1) is 20.5. The standard InChI is InChI=1S/C24H27ClN4O/c1-18-22(23(25)29(27-18)17-19-9-5-4-6-10-19)24(30)26-20-11-13-21(14-12-20)28-15-7-2-3-8-16-28/h4-6,9-14H,2-3,7-8,15-17H2,1H3,(H,26,30). The molecule has 1 N–H and O–H groups in total. The molecule has 5 nitrogen and oxygen atoms in total. The number of carbonyl (C=O) groups excluding carboxylic acids is 1. The van der Waals surface area contributed by atoms with Crippen LogP contribution < -0.4 is 10.2 Å². The van der Waals surface area contributed by atoms with Crippen LogP contribution in [0.25, 0.3) is 0 Å². The Labute approximate surface area is 182 Å². The Balaban J connectivity index is 1.46. The van der Waals surface area contributed by atoms with Crippen LogP contribution in [0.3, 0.4) is 0 Å². The molecule has 1 fully saturated rings. The third-order valence-corrected chi connectivity index (χ3v) is 5.95. The lowest BCUT2D eigenvalue weighted by atomic mass is 10.2. The minimum atomic E-state index is -0.237. The number of anilines is 2. The fourth-order valence-electron chi connectivity index (χ4n) is 3.95. The van der Waals surface area contributed by atoms with Crippen molar-refractivity contribution in [2.45, 2.75) is 39.2 Å². The average molecular weight is 423 g/mol. The van der Waals surface area contributed by atoms with Crippen molar-refractivity contribution in [2.75, 3.05) is 23.3 Å². The summed E-state index contributed by atoms with van der Waals surface area (Å²) in [4.78, 5) is 15.3. The summed E-state index contributed by atoms with van der Waals surface area (Å²) >= 11 is 6.52. The van der Waals surface area contributed by atoms with Crippen molar-refractivity contribution < 1.29 is 4.79 Å². The maximum Gasteiger partial charge on any atom is 0.260 e. The Kier molecular flexibility index (Phi) is 6.38. The zero-order valence-corrected chi connectivity index (χ0v) is 18.0. The van der Waals surface area contributed by atoms with Crippen molar-refractivity contribution in [3.05, 3.63) is 76.6 Å². The number of nitrogens with zero attached hydrogens (tertiary/aromatic N) is 3. The highest BCUT2D eigenvalue weighted by atomic mass is 35.5. The van der Waals surface area contributed by atoms with Gasteiger partial charge in [0.15, 0.2) is 0 Å². The van der Waals surface area contributed by atoms with Gasteiger partial charge < -0.3 is 10.2 Å². The Bertz CT molecular complexity index is 990. The van der Waals surface area contributed by atoms with Crippen molar-refractivity contribution in [2.24, 2.45) is 0 Å². The summed E-state index contributed by atoms with van der Waals surface area (Å²) in [6, 6.07) is 18.0. The molecule has 156 valence electrons. The number of nitrogens with one attached hydrogen (secondary N) is 1. The Morgan fingerprint density at radius 3 is 2.33 bits per heavy atom. The second kappa shape index (κ2) is 9.35. The number of hydrogen-bond donors (Lipinski definition) is 1. The van der Waals surface area contributed by atoms with Gasteiger partial charge in [-0.15, -0.1) is 0 Å². The van der Waals surface area contributed by atoms with Crippen LogP contribution in [-0.2, 0) is 6.54 Å². The first-order valence-corrected chi connectivity index (χ1v) is 10.9. The lowest BCUT2D eigenvalue weighted by molar-refractivity contribution is 0.102. The number of rotatable bonds is 5. The molecule has 0 spiro atoms. The van der Waals surface area contributed by atoms with Gasteiger partial charge in [0.25, 0.3) is 5.91 Å². The van der Waals surface area contributed by atoms with Crippen LogP contribution in [0.4, 0.5) is 11.4 Å². The minimum Gasteiger partial charge on any atom is -0.372 e. The van der Waals surface area contributed by atoms with E-state index in [2.05, 4.69) is 27.4 Å². The predicted octanol–water partition coefficient (Wildman–Crippen LogP) is 5.53. The summed E-state index contributed by atoms with van der Waals surface area (Å²) in [5.41, 5.74) is 4.08. The van der Waals surface area contributed by atoms with Crippen LogP contribution in [0.1, 0.15) is 47.3 Å². The quantitative estimate of drug-likeness (QED) is 0.588. The number of carbonyl (C=O) groups is 1. The van der Waals surface area contributed by atoms with Crippen molar-refractivity contribution >= 4 is 28.9 Å². The van der Waals surface area contributed by atoms with Gasteiger partial charge in [-0.1, -0.05) is 54.8 Å². The van der Waals surface area contributed by atoms with E-state index in [-0.39, 0.29) is 5.91 Å². The van der Waals surface area contributed by atoms with E-state index in [1.807, 2.05) is 49.4 Å². The molecule has 30 heavy (non-hydrogen) atoms. The highest BCUT2D eigenvalue weighted by Crippen LogP contribution is 2.24.